The summed E-state index contributed by atoms with van der Waals surface area (Å²) in [4.78, 5) is 17.5. The Bertz CT molecular complexity index is 1080. The smallest absolute Gasteiger partial charge is 0.404 e. The Morgan fingerprint density at radius 1 is 1.40 bits per heavy atom. The van der Waals surface area contributed by atoms with Crippen LogP contribution < -0.4 is 16.4 Å². The second kappa shape index (κ2) is 8.42. The molecule has 0 unspecified atom stereocenters. The largest absolute Gasteiger partial charge is 0.465 e. The van der Waals surface area contributed by atoms with E-state index in [1.165, 1.54) is 18.5 Å². The van der Waals surface area contributed by atoms with E-state index in [4.69, 9.17) is 22.4 Å². The van der Waals surface area contributed by atoms with Crippen LogP contribution in [0.5, 0.6) is 0 Å². The van der Waals surface area contributed by atoms with E-state index in [-0.39, 0.29) is 17.1 Å². The molecular formula is C19H21ClFN7O2. The average Bonchev–Trinajstić information content (AvgIpc) is 3.11. The van der Waals surface area contributed by atoms with E-state index >= 15 is 0 Å². The summed E-state index contributed by atoms with van der Waals surface area (Å²) in [6.45, 7) is 1.84. The predicted octanol–water partition coefficient (Wildman–Crippen LogP) is 2.43. The van der Waals surface area contributed by atoms with Crippen LogP contribution >= 0.6 is 11.6 Å². The number of piperidine rings is 1. The number of fused-ring (bicyclic) bond motifs is 1. The summed E-state index contributed by atoms with van der Waals surface area (Å²) in [5.74, 6) is 0.0628. The van der Waals surface area contributed by atoms with Gasteiger partial charge >= 0.3 is 6.09 Å². The number of benzene rings is 1. The van der Waals surface area contributed by atoms with Gasteiger partial charge in [0.1, 0.15) is 17.7 Å². The maximum Gasteiger partial charge on any atom is 0.404 e. The molecule has 30 heavy (non-hydrogen) atoms. The molecule has 0 aliphatic carbocycles. The van der Waals surface area contributed by atoms with Crippen molar-refractivity contribution in [1.29, 1.82) is 0 Å². The Balaban J connectivity index is 1.58. The molecule has 0 saturated carbocycles. The molecule has 1 aliphatic rings. The predicted molar refractivity (Wildman–Crippen MR) is 110 cm³/mol. The number of anilines is 2. The Labute approximate surface area is 176 Å². The zero-order valence-corrected chi connectivity index (χ0v) is 16.7. The van der Waals surface area contributed by atoms with Crippen LogP contribution in [0.2, 0.25) is 5.02 Å². The Morgan fingerprint density at radius 2 is 2.23 bits per heavy atom. The number of halogens is 2. The molecule has 2 atom stereocenters. The van der Waals surface area contributed by atoms with E-state index in [9.17, 15) is 9.18 Å². The second-order valence-electron chi connectivity index (χ2n) is 7.24. The molecule has 158 valence electrons. The van der Waals surface area contributed by atoms with Gasteiger partial charge in [0, 0.05) is 37.6 Å². The highest BCUT2D eigenvalue weighted by Gasteiger charge is 2.28. The number of nitrogens with zero attached hydrogens (tertiary/aromatic N) is 4. The third-order valence-corrected chi connectivity index (χ3v) is 5.46. The maximum atomic E-state index is 13.5. The molecule has 1 amide bonds. The van der Waals surface area contributed by atoms with Crippen molar-refractivity contribution >= 4 is 34.7 Å². The van der Waals surface area contributed by atoms with Gasteiger partial charge in [0.25, 0.3) is 0 Å². The minimum atomic E-state index is -1.08. The molecule has 2 aromatic heterocycles. The number of nitrogens with one attached hydrogen (secondary N) is 2. The van der Waals surface area contributed by atoms with E-state index < -0.39 is 11.9 Å². The molecule has 0 spiro atoms. The van der Waals surface area contributed by atoms with Crippen molar-refractivity contribution < 1.29 is 14.3 Å². The van der Waals surface area contributed by atoms with Crippen LogP contribution in [0, 0.1) is 5.82 Å². The number of nitrogens with two attached hydrogens (primary N) is 1. The zero-order chi connectivity index (χ0) is 21.3. The first-order valence-corrected chi connectivity index (χ1v) is 9.79. The standard InChI is InChI=1S/C19H21ClFN7O2/c20-13-7-12(1-2-14(13)21)25-18-17-11(3-6-28(17)24-10-23-18)8-27-5-4-15(22)16(9-27)26-19(29)30/h1-3,6-7,10,15-16,26H,4-5,8-9,22H2,(H,29,30)(H,23,24,25)/t15-,16-/m1/s1. The molecular weight excluding hydrogens is 413 g/mol. The van der Waals surface area contributed by atoms with Crippen molar-refractivity contribution in [3.8, 4) is 0 Å². The summed E-state index contributed by atoms with van der Waals surface area (Å²) in [7, 11) is 0. The fourth-order valence-corrected chi connectivity index (χ4v) is 3.86. The second-order valence-corrected chi connectivity index (χ2v) is 7.65. The normalized spacial score (nSPS) is 19.7. The minimum absolute atomic E-state index is 0.0160. The molecule has 0 bridgehead atoms. The Kier molecular flexibility index (Phi) is 5.71. The highest BCUT2D eigenvalue weighted by molar-refractivity contribution is 6.31. The minimum Gasteiger partial charge on any atom is -0.465 e. The number of likely N-dealkylation sites (tertiary alicyclic amines) is 1. The lowest BCUT2D eigenvalue weighted by Gasteiger charge is -2.36. The molecule has 9 nitrogen and oxygen atoms in total. The summed E-state index contributed by atoms with van der Waals surface area (Å²) >= 11 is 5.88. The van der Waals surface area contributed by atoms with Crippen molar-refractivity contribution in [2.45, 2.75) is 25.0 Å². The highest BCUT2D eigenvalue weighted by Crippen LogP contribution is 2.27. The summed E-state index contributed by atoms with van der Waals surface area (Å²) in [5, 5.41) is 19.0. The molecule has 5 N–H and O–H groups in total. The summed E-state index contributed by atoms with van der Waals surface area (Å²) < 4.78 is 15.2. The van der Waals surface area contributed by atoms with E-state index in [0.717, 1.165) is 17.6 Å². The van der Waals surface area contributed by atoms with E-state index in [1.807, 2.05) is 12.3 Å². The number of aromatic nitrogens is 3. The van der Waals surface area contributed by atoms with Crippen molar-refractivity contribution in [2.75, 3.05) is 18.4 Å². The number of amides is 1. The first kappa shape index (κ1) is 20.3. The first-order chi connectivity index (χ1) is 14.4. The Morgan fingerprint density at radius 3 is 3.00 bits per heavy atom. The molecule has 1 saturated heterocycles. The third kappa shape index (κ3) is 4.30. The zero-order valence-electron chi connectivity index (χ0n) is 15.9. The number of carboxylic acid groups (broad SMARTS) is 1. The number of hydrogen-bond acceptors (Lipinski definition) is 6. The van der Waals surface area contributed by atoms with Crippen LogP contribution in [0.15, 0.2) is 36.8 Å². The van der Waals surface area contributed by atoms with Gasteiger partial charge in [-0.2, -0.15) is 5.10 Å². The van der Waals surface area contributed by atoms with Gasteiger partial charge in [-0.3, -0.25) is 4.90 Å². The molecule has 11 heteroatoms. The fourth-order valence-electron chi connectivity index (χ4n) is 3.68. The van der Waals surface area contributed by atoms with Gasteiger partial charge < -0.3 is 21.5 Å². The maximum absolute atomic E-state index is 13.5. The lowest BCUT2D eigenvalue weighted by Crippen LogP contribution is -2.57. The van der Waals surface area contributed by atoms with Gasteiger partial charge in [-0.15, -0.1) is 0 Å². The molecule has 0 radical (unpaired) electrons. The van der Waals surface area contributed by atoms with Crippen LogP contribution in [-0.4, -0.2) is 55.9 Å². The molecule has 3 aromatic rings. The van der Waals surface area contributed by atoms with Gasteiger partial charge in [0.05, 0.1) is 11.1 Å². The van der Waals surface area contributed by atoms with Crippen molar-refractivity contribution in [3.05, 3.63) is 53.2 Å². The fraction of sp³-hybridized carbons (Fsp3) is 0.316. The molecule has 1 aromatic carbocycles. The number of rotatable bonds is 5. The van der Waals surface area contributed by atoms with Crippen LogP contribution in [0.25, 0.3) is 5.52 Å². The van der Waals surface area contributed by atoms with E-state index in [2.05, 4.69) is 25.6 Å². The van der Waals surface area contributed by atoms with Gasteiger partial charge in [0.2, 0.25) is 0 Å². The number of hydrogen-bond donors (Lipinski definition) is 4. The number of carbonyl (C=O) groups is 1. The molecule has 1 fully saturated rings. The van der Waals surface area contributed by atoms with E-state index in [1.54, 1.807) is 10.6 Å². The van der Waals surface area contributed by atoms with Crippen LogP contribution in [0.4, 0.5) is 20.7 Å². The lowest BCUT2D eigenvalue weighted by atomic mass is 10.00. The first-order valence-electron chi connectivity index (χ1n) is 9.41. The molecule has 4 rings (SSSR count). The van der Waals surface area contributed by atoms with Crippen molar-refractivity contribution in [3.63, 3.8) is 0 Å². The lowest BCUT2D eigenvalue weighted by molar-refractivity contribution is 0.149. The third-order valence-electron chi connectivity index (χ3n) is 5.17. The van der Waals surface area contributed by atoms with Gasteiger partial charge in [-0.1, -0.05) is 11.6 Å². The summed E-state index contributed by atoms with van der Waals surface area (Å²) in [6, 6.07) is 5.76. The SMILES string of the molecule is N[C@@H]1CCN(Cc2ccn3ncnc(Nc4ccc(F)c(Cl)c4)c23)C[C@H]1NC(=O)O. The summed E-state index contributed by atoms with van der Waals surface area (Å²) in [6.07, 6.45) is 2.87. The van der Waals surface area contributed by atoms with Gasteiger partial charge in [0.15, 0.2) is 5.82 Å². The van der Waals surface area contributed by atoms with Crippen LogP contribution in [-0.2, 0) is 6.54 Å². The highest BCUT2D eigenvalue weighted by atomic mass is 35.5. The molecule has 3 heterocycles. The monoisotopic (exact) mass is 433 g/mol. The van der Waals surface area contributed by atoms with Crippen molar-refractivity contribution in [1.82, 2.24) is 24.8 Å². The van der Waals surface area contributed by atoms with Gasteiger partial charge in [-0.25, -0.2) is 18.7 Å². The summed E-state index contributed by atoms with van der Waals surface area (Å²) in [5.41, 5.74) is 8.40. The topological polar surface area (TPSA) is 121 Å². The van der Waals surface area contributed by atoms with Gasteiger partial charge in [-0.05, 0) is 36.2 Å². The average molecular weight is 434 g/mol. The quantitative estimate of drug-likeness (QED) is 0.487. The van der Waals surface area contributed by atoms with E-state index in [0.29, 0.717) is 31.0 Å². The van der Waals surface area contributed by atoms with Crippen LogP contribution in [0.1, 0.15) is 12.0 Å². The Hall–Kier alpha value is -2.95. The van der Waals surface area contributed by atoms with Crippen LogP contribution in [0.3, 0.4) is 0 Å². The van der Waals surface area contributed by atoms with Crippen molar-refractivity contribution in [2.24, 2.45) is 5.73 Å². The molecule has 1 aliphatic heterocycles.